The molecule has 420 valence electrons. The first-order valence-corrected chi connectivity index (χ1v) is 29.0. The number of aromatic nitrogens is 4. The highest BCUT2D eigenvalue weighted by Gasteiger charge is 2.39. The maximum Gasteiger partial charge on any atom is 0.338 e. The second-order valence-electron chi connectivity index (χ2n) is 26.1. The number of ether oxygens (including phenoxy) is 4. The fraction of sp³-hybridized carbons (Fsp3) is 0.429. The summed E-state index contributed by atoms with van der Waals surface area (Å²) >= 11 is 0. The third-order valence-corrected chi connectivity index (χ3v) is 15.9. The van der Waals surface area contributed by atoms with Gasteiger partial charge in [-0.15, -0.1) is 0 Å². The lowest BCUT2D eigenvalue weighted by Crippen LogP contribution is -2.35. The van der Waals surface area contributed by atoms with Crippen LogP contribution in [-0.4, -0.2) is 34.3 Å². The summed E-state index contributed by atoms with van der Waals surface area (Å²) in [5, 5.41) is 0. The van der Waals surface area contributed by atoms with Crippen molar-refractivity contribution in [3.63, 3.8) is 0 Å². The highest BCUT2D eigenvalue weighted by molar-refractivity contribution is 5.90. The van der Waals surface area contributed by atoms with E-state index in [1.165, 1.54) is 44.3 Å². The van der Waals surface area contributed by atoms with Crippen molar-refractivity contribution in [3.8, 4) is 11.5 Å². The van der Waals surface area contributed by atoms with Gasteiger partial charge in [-0.2, -0.15) is 0 Å². The number of fused-ring (bicyclic) bond motifs is 2. The fourth-order valence-electron chi connectivity index (χ4n) is 11.4. The minimum Gasteiger partial charge on any atom is -0.488 e. The van der Waals surface area contributed by atoms with E-state index >= 15 is 0 Å². The monoisotopic (exact) mass is 1080 g/mol. The van der Waals surface area contributed by atoms with Gasteiger partial charge < -0.3 is 18.9 Å². The molecule has 8 aromatic rings. The average molecular weight is 1080 g/mol. The normalized spacial score (nSPS) is 15.3. The molecule has 1 aliphatic carbocycles. The Hall–Kier alpha value is -7.20. The van der Waals surface area contributed by atoms with Crippen molar-refractivity contribution in [3.05, 3.63) is 190 Å². The molecule has 2 atom stereocenters. The molecular formula is C70H86N4O6+2. The zero-order valence-corrected chi connectivity index (χ0v) is 50.2. The first-order valence-electron chi connectivity index (χ1n) is 29.0. The van der Waals surface area contributed by atoms with Crippen LogP contribution in [0.2, 0.25) is 0 Å². The highest BCUT2D eigenvalue weighted by atomic mass is 16.5. The van der Waals surface area contributed by atoms with Crippen molar-refractivity contribution in [1.82, 2.24) is 9.13 Å². The summed E-state index contributed by atoms with van der Waals surface area (Å²) in [7, 11) is 0. The van der Waals surface area contributed by atoms with E-state index in [1.54, 1.807) is 0 Å². The molecule has 80 heavy (non-hydrogen) atoms. The molecule has 0 saturated heterocycles. The van der Waals surface area contributed by atoms with Crippen LogP contribution in [0.4, 0.5) is 0 Å². The number of carbonyl (C=O) groups is 2. The van der Waals surface area contributed by atoms with E-state index in [9.17, 15) is 9.59 Å². The van der Waals surface area contributed by atoms with E-state index in [-0.39, 0.29) is 45.7 Å². The second-order valence-corrected chi connectivity index (χ2v) is 26.1. The van der Waals surface area contributed by atoms with E-state index < -0.39 is 0 Å². The van der Waals surface area contributed by atoms with Gasteiger partial charge in [-0.25, -0.2) is 27.9 Å². The Bertz CT molecular complexity index is 3270. The Morgan fingerprint density at radius 2 is 0.850 bits per heavy atom. The minimum atomic E-state index is -0.320. The Morgan fingerprint density at radius 1 is 0.487 bits per heavy atom. The summed E-state index contributed by atoms with van der Waals surface area (Å²) in [6.45, 7) is 33.6. The topological polar surface area (TPSA) is 88.7 Å². The van der Waals surface area contributed by atoms with Gasteiger partial charge in [-0.05, 0) is 144 Å². The van der Waals surface area contributed by atoms with Crippen LogP contribution in [0, 0.1) is 0 Å². The number of hydrogen-bond donors (Lipinski definition) is 0. The molecule has 0 spiro atoms. The standard InChI is InChI=1S/C70H86N4O6/c1-15-77-65(75)49-33-29-47(30-34-49)43-79-63-51(37-53(67(3,4)5)39-55(63)69(9,10)11)41-71-45-73(59-25-19-17-23-57(59)71)61-27-21-22-28-62(61)74-46-72(58-24-18-20-26-60(58)74)42-52-38-54(68(6,7)8)40-56(70(12,13)14)64(52)80-44-48-31-35-50(36-32-48)66(76)78-16-2/h17-20,23-26,29-40,45-46,61-62H,15-16,21-22,27-28,41-44H2,1-14H3/q+2/t61-,62-/m1/s1. The summed E-state index contributed by atoms with van der Waals surface area (Å²) in [5.74, 6) is 1.17. The predicted molar refractivity (Wildman–Crippen MR) is 320 cm³/mol. The smallest absolute Gasteiger partial charge is 0.338 e. The molecule has 10 heteroatoms. The van der Waals surface area contributed by atoms with Gasteiger partial charge in [0.25, 0.3) is 0 Å². The first-order chi connectivity index (χ1) is 37.9. The highest BCUT2D eigenvalue weighted by Crippen LogP contribution is 2.43. The van der Waals surface area contributed by atoms with Gasteiger partial charge in [0.2, 0.25) is 12.7 Å². The lowest BCUT2D eigenvalue weighted by Gasteiger charge is -2.29. The summed E-state index contributed by atoms with van der Waals surface area (Å²) in [5.41, 5.74) is 14.4. The third kappa shape index (κ3) is 12.5. The predicted octanol–water partition coefficient (Wildman–Crippen LogP) is 15.3. The molecule has 0 unspecified atom stereocenters. The molecule has 10 nitrogen and oxygen atoms in total. The summed E-state index contributed by atoms with van der Waals surface area (Å²) < 4.78 is 34.6. The second kappa shape index (κ2) is 23.1. The van der Waals surface area contributed by atoms with E-state index in [4.69, 9.17) is 18.9 Å². The van der Waals surface area contributed by atoms with Gasteiger partial charge in [0, 0.05) is 22.3 Å². The number of esters is 2. The molecule has 9 rings (SSSR count). The quantitative estimate of drug-likeness (QED) is 0.0707. The molecule has 0 radical (unpaired) electrons. The van der Waals surface area contributed by atoms with E-state index in [2.05, 4.69) is 187 Å². The van der Waals surface area contributed by atoms with Crippen molar-refractivity contribution in [2.45, 2.75) is 183 Å². The van der Waals surface area contributed by atoms with Crippen molar-refractivity contribution < 1.29 is 37.7 Å². The summed E-state index contributed by atoms with van der Waals surface area (Å²) in [6, 6.07) is 42.7. The number of imidazole rings is 2. The molecule has 2 aromatic heterocycles. The van der Waals surface area contributed by atoms with Crippen LogP contribution in [0.15, 0.2) is 134 Å². The molecule has 0 bridgehead atoms. The number of rotatable bonds is 16. The van der Waals surface area contributed by atoms with Crippen LogP contribution in [0.5, 0.6) is 11.5 Å². The van der Waals surface area contributed by atoms with Crippen molar-refractivity contribution >= 4 is 34.0 Å². The van der Waals surface area contributed by atoms with E-state index in [1.807, 2.05) is 62.4 Å². The maximum absolute atomic E-state index is 12.5. The molecule has 2 heterocycles. The lowest BCUT2D eigenvalue weighted by atomic mass is 9.79. The van der Waals surface area contributed by atoms with Gasteiger partial charge in [0.15, 0.2) is 22.1 Å². The SMILES string of the molecule is CCOC(=O)c1ccc(COc2c(C[n+]3cn([C@@H]4CCCC[C@H]4n4c[n+](Cc5cc(C(C)(C)C)cc(C(C)(C)C)c5OCc5ccc(C(=O)OCC)cc5)c5ccccc54)c4ccccc43)cc(C(C)(C)C)cc2C(C)(C)C)cc1. The zero-order valence-electron chi connectivity index (χ0n) is 50.2. The van der Waals surface area contributed by atoms with Crippen molar-refractivity contribution in [2.75, 3.05) is 13.2 Å². The third-order valence-electron chi connectivity index (χ3n) is 15.9. The number of carbonyl (C=O) groups excluding carboxylic acids is 2. The molecule has 0 N–H and O–H groups in total. The van der Waals surface area contributed by atoms with Crippen LogP contribution in [0.25, 0.3) is 22.1 Å². The van der Waals surface area contributed by atoms with Gasteiger partial charge in [-0.1, -0.05) is 144 Å². The Kier molecular flexibility index (Phi) is 16.6. The number of hydrogen-bond acceptors (Lipinski definition) is 6. The van der Waals surface area contributed by atoms with E-state index in [0.29, 0.717) is 50.6 Å². The molecule has 1 saturated carbocycles. The molecule has 0 amide bonds. The fourth-order valence-corrected chi connectivity index (χ4v) is 11.4. The number of nitrogens with zero attached hydrogens (tertiary/aromatic N) is 4. The summed E-state index contributed by atoms with van der Waals surface area (Å²) in [6.07, 6.45) is 9.16. The number of benzene rings is 6. The van der Waals surface area contributed by atoms with Crippen LogP contribution in [0.1, 0.15) is 200 Å². The van der Waals surface area contributed by atoms with Crippen molar-refractivity contribution in [1.29, 1.82) is 0 Å². The lowest BCUT2D eigenvalue weighted by molar-refractivity contribution is -0.664. The zero-order chi connectivity index (χ0) is 57.3. The van der Waals surface area contributed by atoms with Crippen LogP contribution in [-0.2, 0) is 57.4 Å². The first kappa shape index (κ1) is 57.5. The van der Waals surface area contributed by atoms with Crippen LogP contribution in [0.3, 0.4) is 0 Å². The largest absolute Gasteiger partial charge is 0.488 e. The Labute approximate surface area is 475 Å². The van der Waals surface area contributed by atoms with E-state index in [0.717, 1.165) is 59.4 Å². The van der Waals surface area contributed by atoms with Crippen LogP contribution < -0.4 is 18.6 Å². The number of para-hydroxylation sites is 4. The van der Waals surface area contributed by atoms with Gasteiger partial charge in [0.05, 0.1) is 24.3 Å². The molecule has 0 aliphatic heterocycles. The Balaban J connectivity index is 1.10. The molecule has 1 aliphatic rings. The van der Waals surface area contributed by atoms with Crippen LogP contribution >= 0.6 is 0 Å². The average Bonchev–Trinajstić information content (AvgIpc) is 4.15. The minimum absolute atomic E-state index is 0.0972. The van der Waals surface area contributed by atoms with Gasteiger partial charge >= 0.3 is 11.9 Å². The molecule has 1 fully saturated rings. The molecular weight excluding hydrogens is 993 g/mol. The summed E-state index contributed by atoms with van der Waals surface area (Å²) in [4.78, 5) is 25.0. The molecule has 6 aromatic carbocycles. The Morgan fingerprint density at radius 3 is 1.19 bits per heavy atom. The maximum atomic E-state index is 12.5. The van der Waals surface area contributed by atoms with Gasteiger partial charge in [-0.3, -0.25) is 0 Å². The van der Waals surface area contributed by atoms with Crippen molar-refractivity contribution in [2.24, 2.45) is 0 Å². The van der Waals surface area contributed by atoms with Gasteiger partial charge in [0.1, 0.15) is 49.9 Å².